The maximum absolute atomic E-state index is 13.5. The molecule has 1 heterocycles. The number of nitrogens with one attached hydrogen (secondary N) is 1. The van der Waals surface area contributed by atoms with Crippen LogP contribution < -0.4 is 10.9 Å². The Labute approximate surface area is 190 Å². The Morgan fingerprint density at radius 2 is 1.68 bits per heavy atom. The van der Waals surface area contributed by atoms with Gasteiger partial charge >= 0.3 is 6.18 Å². The SMILES string of the molecule is CS(=O)(=O)c1ccc(CNC(=O)c2ccc(C(F)F)n(-c3cccc(C(F)(F)F)c3)c2=O)cc1. The molecule has 0 saturated carbocycles. The normalized spacial score (nSPS) is 12.1. The second kappa shape index (κ2) is 9.37. The number of hydrogen-bond acceptors (Lipinski definition) is 4. The highest BCUT2D eigenvalue weighted by atomic mass is 32.2. The molecule has 34 heavy (non-hydrogen) atoms. The number of pyridine rings is 1. The minimum Gasteiger partial charge on any atom is -0.348 e. The predicted molar refractivity (Wildman–Crippen MR) is 113 cm³/mol. The second-order valence-electron chi connectivity index (χ2n) is 7.26. The molecule has 0 aliphatic carbocycles. The third-order valence-corrected chi connectivity index (χ3v) is 5.95. The van der Waals surface area contributed by atoms with E-state index in [-0.39, 0.29) is 11.4 Å². The number of sulfone groups is 1. The summed E-state index contributed by atoms with van der Waals surface area (Å²) < 4.78 is 89.6. The molecule has 0 bridgehead atoms. The first-order valence-corrected chi connectivity index (χ1v) is 11.5. The molecular weight excluding hydrogens is 483 g/mol. The van der Waals surface area contributed by atoms with Gasteiger partial charge in [-0.1, -0.05) is 18.2 Å². The summed E-state index contributed by atoms with van der Waals surface area (Å²) in [5.41, 5.74) is -3.79. The van der Waals surface area contributed by atoms with Gasteiger partial charge in [0.15, 0.2) is 9.84 Å². The van der Waals surface area contributed by atoms with Crippen molar-refractivity contribution in [3.05, 3.63) is 93.4 Å². The zero-order valence-corrected chi connectivity index (χ0v) is 18.3. The monoisotopic (exact) mass is 500 g/mol. The smallest absolute Gasteiger partial charge is 0.348 e. The van der Waals surface area contributed by atoms with Crippen LogP contribution in [0.3, 0.4) is 0 Å². The van der Waals surface area contributed by atoms with Crippen molar-refractivity contribution in [1.82, 2.24) is 9.88 Å². The third kappa shape index (κ3) is 5.50. The molecule has 0 radical (unpaired) electrons. The molecule has 3 aromatic rings. The van der Waals surface area contributed by atoms with Crippen LogP contribution in [0.1, 0.15) is 33.6 Å². The summed E-state index contributed by atoms with van der Waals surface area (Å²) in [6, 6.07) is 10.5. The van der Waals surface area contributed by atoms with Gasteiger partial charge in [-0.05, 0) is 48.0 Å². The van der Waals surface area contributed by atoms with Crippen molar-refractivity contribution in [2.24, 2.45) is 0 Å². The summed E-state index contributed by atoms with van der Waals surface area (Å²) in [5.74, 6) is -0.946. The molecule has 12 heteroatoms. The Morgan fingerprint density at radius 3 is 2.24 bits per heavy atom. The fourth-order valence-corrected chi connectivity index (χ4v) is 3.75. The average Bonchev–Trinajstić information content (AvgIpc) is 2.76. The molecule has 3 rings (SSSR count). The number of carbonyl (C=O) groups is 1. The van der Waals surface area contributed by atoms with E-state index in [1.165, 1.54) is 24.3 Å². The molecular formula is C22H17F5N2O4S. The minimum absolute atomic E-state index is 0.0640. The van der Waals surface area contributed by atoms with E-state index in [4.69, 9.17) is 0 Å². The van der Waals surface area contributed by atoms with E-state index in [2.05, 4.69) is 5.32 Å². The van der Waals surface area contributed by atoms with E-state index >= 15 is 0 Å². The van der Waals surface area contributed by atoms with Crippen molar-refractivity contribution < 1.29 is 35.2 Å². The topological polar surface area (TPSA) is 85.2 Å². The molecule has 0 fully saturated rings. The molecule has 0 saturated heterocycles. The molecule has 0 unspecified atom stereocenters. The van der Waals surface area contributed by atoms with E-state index in [0.29, 0.717) is 16.2 Å². The van der Waals surface area contributed by atoms with Gasteiger partial charge in [0, 0.05) is 18.5 Å². The summed E-state index contributed by atoms with van der Waals surface area (Å²) >= 11 is 0. The average molecular weight is 500 g/mol. The van der Waals surface area contributed by atoms with Gasteiger partial charge in [-0.3, -0.25) is 14.2 Å². The van der Waals surface area contributed by atoms with Crippen LogP contribution in [0.2, 0.25) is 0 Å². The molecule has 6 nitrogen and oxygen atoms in total. The summed E-state index contributed by atoms with van der Waals surface area (Å²) in [6.07, 6.45) is -6.94. The lowest BCUT2D eigenvalue weighted by Crippen LogP contribution is -2.33. The summed E-state index contributed by atoms with van der Waals surface area (Å²) in [4.78, 5) is 25.5. The number of alkyl halides is 5. The van der Waals surface area contributed by atoms with E-state index in [1.54, 1.807) is 0 Å². The number of carbonyl (C=O) groups excluding carboxylic acids is 1. The van der Waals surface area contributed by atoms with Gasteiger partial charge in [0.25, 0.3) is 17.9 Å². The van der Waals surface area contributed by atoms with E-state index in [1.807, 2.05) is 0 Å². The zero-order chi connectivity index (χ0) is 25.3. The molecule has 1 N–H and O–H groups in total. The standard InChI is InChI=1S/C22H17F5N2O4S/c1-34(32,33)16-7-5-13(6-8-16)12-28-20(30)17-9-10-18(19(23)24)29(21(17)31)15-4-2-3-14(11-15)22(25,26)27/h2-11,19H,12H2,1H3,(H,28,30). The van der Waals surface area contributed by atoms with Gasteiger partial charge in [-0.25, -0.2) is 17.2 Å². The number of amides is 1. The Kier molecular flexibility index (Phi) is 6.92. The lowest BCUT2D eigenvalue weighted by atomic mass is 10.1. The minimum atomic E-state index is -4.77. The molecule has 2 aromatic carbocycles. The third-order valence-electron chi connectivity index (χ3n) is 4.82. The first-order chi connectivity index (χ1) is 15.8. The van der Waals surface area contributed by atoms with Crippen molar-refractivity contribution in [3.63, 3.8) is 0 Å². The van der Waals surface area contributed by atoms with Gasteiger partial charge in [-0.2, -0.15) is 13.2 Å². The van der Waals surface area contributed by atoms with Crippen molar-refractivity contribution in [2.45, 2.75) is 24.0 Å². The first kappa shape index (κ1) is 25.1. The largest absolute Gasteiger partial charge is 0.416 e. The molecule has 180 valence electrons. The van der Waals surface area contributed by atoms with Crippen molar-refractivity contribution >= 4 is 15.7 Å². The Balaban J connectivity index is 1.94. The van der Waals surface area contributed by atoms with Crippen LogP contribution in [0.4, 0.5) is 22.0 Å². The van der Waals surface area contributed by atoms with Crippen LogP contribution >= 0.6 is 0 Å². The number of hydrogen-bond donors (Lipinski definition) is 1. The lowest BCUT2D eigenvalue weighted by Gasteiger charge is -2.16. The van der Waals surface area contributed by atoms with Crippen LogP contribution in [0.25, 0.3) is 5.69 Å². The molecule has 0 aliphatic heterocycles. The molecule has 0 atom stereocenters. The van der Waals surface area contributed by atoms with Gasteiger partial charge in [-0.15, -0.1) is 0 Å². The highest BCUT2D eigenvalue weighted by Crippen LogP contribution is 2.31. The summed E-state index contributed by atoms with van der Waals surface area (Å²) in [6.45, 7) is -0.123. The number of halogens is 5. The van der Waals surface area contributed by atoms with Crippen LogP contribution in [0, 0.1) is 0 Å². The Hall–Kier alpha value is -3.54. The molecule has 0 spiro atoms. The predicted octanol–water partition coefficient (Wildman–Crippen LogP) is 4.13. The van der Waals surface area contributed by atoms with Crippen LogP contribution in [-0.2, 0) is 22.6 Å². The van der Waals surface area contributed by atoms with Crippen LogP contribution in [0.5, 0.6) is 0 Å². The summed E-state index contributed by atoms with van der Waals surface area (Å²) in [5, 5.41) is 2.41. The van der Waals surface area contributed by atoms with Gasteiger partial charge in [0.1, 0.15) is 5.56 Å². The Morgan fingerprint density at radius 1 is 1.03 bits per heavy atom. The van der Waals surface area contributed by atoms with Gasteiger partial charge < -0.3 is 5.32 Å². The van der Waals surface area contributed by atoms with Crippen LogP contribution in [-0.4, -0.2) is 25.1 Å². The van der Waals surface area contributed by atoms with Gasteiger partial charge in [0.05, 0.1) is 16.2 Å². The fourth-order valence-electron chi connectivity index (χ4n) is 3.12. The Bertz CT molecular complexity index is 1380. The number of rotatable bonds is 6. The van der Waals surface area contributed by atoms with E-state index < -0.39 is 56.4 Å². The fraction of sp³-hybridized carbons (Fsp3) is 0.182. The molecule has 0 aliphatic rings. The summed E-state index contributed by atoms with van der Waals surface area (Å²) in [7, 11) is -3.42. The second-order valence-corrected chi connectivity index (χ2v) is 9.28. The number of benzene rings is 2. The number of nitrogens with zero attached hydrogens (tertiary/aromatic N) is 1. The van der Waals surface area contributed by atoms with Gasteiger partial charge in [0.2, 0.25) is 0 Å². The molecule has 1 aromatic heterocycles. The number of aromatic nitrogens is 1. The first-order valence-electron chi connectivity index (χ1n) is 9.58. The van der Waals surface area contributed by atoms with E-state index in [9.17, 15) is 40.0 Å². The van der Waals surface area contributed by atoms with Crippen molar-refractivity contribution in [3.8, 4) is 5.69 Å². The van der Waals surface area contributed by atoms with Crippen molar-refractivity contribution in [1.29, 1.82) is 0 Å². The molecule has 1 amide bonds. The highest BCUT2D eigenvalue weighted by Gasteiger charge is 2.31. The maximum Gasteiger partial charge on any atom is 0.416 e. The maximum atomic E-state index is 13.5. The van der Waals surface area contributed by atoms with Crippen LogP contribution in [0.15, 0.2) is 70.4 Å². The van der Waals surface area contributed by atoms with Crippen molar-refractivity contribution in [2.75, 3.05) is 6.26 Å². The quantitative estimate of drug-likeness (QED) is 0.516. The zero-order valence-electron chi connectivity index (χ0n) is 17.4. The highest BCUT2D eigenvalue weighted by molar-refractivity contribution is 7.90. The van der Waals surface area contributed by atoms with E-state index in [0.717, 1.165) is 36.6 Å². The lowest BCUT2D eigenvalue weighted by molar-refractivity contribution is -0.137.